The van der Waals surface area contributed by atoms with Crippen LogP contribution in [0.2, 0.25) is 0 Å². The van der Waals surface area contributed by atoms with Crippen LogP contribution in [0, 0.1) is 6.92 Å². The Morgan fingerprint density at radius 3 is 2.63 bits per heavy atom. The smallest absolute Gasteiger partial charge is 0.305 e. The molecule has 0 fully saturated rings. The van der Waals surface area contributed by atoms with Crippen LogP contribution in [0.5, 0.6) is 0 Å². The summed E-state index contributed by atoms with van der Waals surface area (Å²) >= 11 is 5.53. The Kier molecular flexibility index (Phi) is 4.31. The molecule has 1 N–H and O–H groups in total. The third kappa shape index (κ3) is 3.16. The van der Waals surface area contributed by atoms with Crippen molar-refractivity contribution in [2.45, 2.75) is 17.7 Å². The molecule has 5 nitrogen and oxygen atoms in total. The summed E-state index contributed by atoms with van der Waals surface area (Å²) in [5, 5.41) is 1.90. The van der Waals surface area contributed by atoms with Crippen molar-refractivity contribution in [3.8, 4) is 0 Å². The summed E-state index contributed by atoms with van der Waals surface area (Å²) < 4.78 is 27.0. The Labute approximate surface area is 127 Å². The van der Waals surface area contributed by atoms with Crippen LogP contribution in [0.4, 0.5) is 0 Å². The molecule has 2 rings (SSSR count). The van der Waals surface area contributed by atoms with Crippen LogP contribution in [0.1, 0.15) is 10.6 Å². The molecule has 0 aliphatic carbocycles. The van der Waals surface area contributed by atoms with Gasteiger partial charge in [-0.15, -0.1) is 11.3 Å². The number of H-pyrrole nitrogens is 1. The maximum atomic E-state index is 12.3. The third-order valence-corrected chi connectivity index (χ3v) is 7.49. The van der Waals surface area contributed by atoms with E-state index in [1.807, 2.05) is 11.4 Å². The molecule has 0 unspecified atom stereocenters. The summed E-state index contributed by atoms with van der Waals surface area (Å²) in [6, 6.07) is 1.88. The fourth-order valence-corrected chi connectivity index (χ4v) is 5.74. The molecule has 0 saturated heterocycles. The quantitative estimate of drug-likeness (QED) is 0.882. The van der Waals surface area contributed by atoms with Gasteiger partial charge in [-0.3, -0.25) is 4.79 Å². The van der Waals surface area contributed by atoms with Crippen LogP contribution in [0.3, 0.4) is 0 Å². The molecule has 104 valence electrons. The number of aromatic nitrogens is 1. The number of hydrogen-bond acceptors (Lipinski definition) is 5. The first-order valence-corrected chi connectivity index (χ1v) is 9.12. The van der Waals surface area contributed by atoms with Crippen molar-refractivity contribution in [2.24, 2.45) is 0 Å². The molecule has 2 heterocycles. The van der Waals surface area contributed by atoms with Gasteiger partial charge in [-0.25, -0.2) is 8.42 Å². The van der Waals surface area contributed by atoms with E-state index in [1.54, 1.807) is 6.92 Å². The summed E-state index contributed by atoms with van der Waals surface area (Å²) in [6.07, 6.45) is 0. The molecule has 9 heteroatoms. The van der Waals surface area contributed by atoms with Gasteiger partial charge in [0.1, 0.15) is 0 Å². The van der Waals surface area contributed by atoms with E-state index in [9.17, 15) is 13.2 Å². The van der Waals surface area contributed by atoms with Crippen molar-refractivity contribution in [1.82, 2.24) is 9.29 Å². The number of hydrogen-bond donors (Lipinski definition) is 1. The minimum atomic E-state index is -3.63. The van der Waals surface area contributed by atoms with Crippen molar-refractivity contribution in [1.29, 1.82) is 0 Å². The van der Waals surface area contributed by atoms with Gasteiger partial charge in [0.25, 0.3) is 10.0 Å². The third-order valence-electron chi connectivity index (χ3n) is 2.43. The fourth-order valence-electron chi connectivity index (χ4n) is 1.52. The number of thiazole rings is 1. The zero-order valence-corrected chi connectivity index (χ0v) is 14.2. The monoisotopic (exact) mass is 382 g/mol. The maximum Gasteiger partial charge on any atom is 0.305 e. The highest BCUT2D eigenvalue weighted by Crippen LogP contribution is 2.25. The van der Waals surface area contributed by atoms with E-state index in [-0.39, 0.29) is 15.6 Å². The molecule has 0 spiro atoms. The van der Waals surface area contributed by atoms with E-state index in [0.717, 1.165) is 20.7 Å². The Hall–Kier alpha value is -0.480. The lowest BCUT2D eigenvalue weighted by Gasteiger charge is -2.15. The van der Waals surface area contributed by atoms with Crippen LogP contribution < -0.4 is 4.87 Å². The van der Waals surface area contributed by atoms with Crippen LogP contribution in [-0.4, -0.2) is 24.8 Å². The Morgan fingerprint density at radius 2 is 2.16 bits per heavy atom. The number of aryl methyl sites for hydroxylation is 1. The normalized spacial score (nSPS) is 12.2. The summed E-state index contributed by atoms with van der Waals surface area (Å²) in [6.45, 7) is 1.87. The molecule has 2 aromatic heterocycles. The molecule has 0 atom stereocenters. The number of nitrogens with one attached hydrogen (secondary N) is 1. The lowest BCUT2D eigenvalue weighted by molar-refractivity contribution is 0.471. The van der Waals surface area contributed by atoms with Gasteiger partial charge in [0, 0.05) is 34.0 Å². The zero-order valence-electron chi connectivity index (χ0n) is 10.1. The van der Waals surface area contributed by atoms with Gasteiger partial charge in [0.05, 0.1) is 0 Å². The predicted octanol–water partition coefficient (Wildman–Crippen LogP) is 2.39. The Morgan fingerprint density at radius 1 is 1.47 bits per heavy atom. The molecule has 0 aromatic carbocycles. The fraction of sp³-hybridized carbons (Fsp3) is 0.300. The highest BCUT2D eigenvalue weighted by Gasteiger charge is 2.26. The minimum Gasteiger partial charge on any atom is -0.315 e. The van der Waals surface area contributed by atoms with E-state index < -0.39 is 10.0 Å². The first kappa shape index (κ1) is 14.9. The van der Waals surface area contributed by atoms with Gasteiger partial charge < -0.3 is 4.98 Å². The van der Waals surface area contributed by atoms with Crippen LogP contribution in [0.25, 0.3) is 0 Å². The molecule has 0 amide bonds. The summed E-state index contributed by atoms with van der Waals surface area (Å²) in [5.41, 5.74) is 0.384. The van der Waals surface area contributed by atoms with E-state index in [0.29, 0.717) is 5.69 Å². The van der Waals surface area contributed by atoms with Crippen molar-refractivity contribution >= 4 is 48.6 Å². The molecule has 0 bridgehead atoms. The second-order valence-corrected chi connectivity index (χ2v) is 9.05. The number of sulfonamides is 1. The van der Waals surface area contributed by atoms with Crippen LogP contribution in [-0.2, 0) is 16.6 Å². The first-order chi connectivity index (χ1) is 8.80. The molecule has 2 aromatic rings. The van der Waals surface area contributed by atoms with Crippen molar-refractivity contribution in [2.75, 3.05) is 7.05 Å². The lowest BCUT2D eigenvalue weighted by Crippen LogP contribution is -2.26. The number of nitrogens with zero attached hydrogens (tertiary/aromatic N) is 1. The number of thiophene rings is 1. The summed E-state index contributed by atoms with van der Waals surface area (Å²) in [7, 11) is -2.12. The van der Waals surface area contributed by atoms with Crippen LogP contribution >= 0.6 is 38.6 Å². The SMILES string of the molecule is Cc1[nH]c(=O)sc1S(=O)(=O)N(C)Cc1cc(Br)cs1. The first-order valence-electron chi connectivity index (χ1n) is 5.19. The van der Waals surface area contributed by atoms with Crippen LogP contribution in [0.15, 0.2) is 24.9 Å². The highest BCUT2D eigenvalue weighted by atomic mass is 79.9. The lowest BCUT2D eigenvalue weighted by atomic mass is 10.5. The van der Waals surface area contributed by atoms with Gasteiger partial charge in [-0.2, -0.15) is 4.31 Å². The predicted molar refractivity (Wildman–Crippen MR) is 80.3 cm³/mol. The number of halogens is 1. The largest absolute Gasteiger partial charge is 0.315 e. The second kappa shape index (κ2) is 5.49. The molecule has 0 aliphatic heterocycles. The molecule has 19 heavy (non-hydrogen) atoms. The highest BCUT2D eigenvalue weighted by molar-refractivity contribution is 9.10. The van der Waals surface area contributed by atoms with E-state index in [2.05, 4.69) is 20.9 Å². The number of aromatic amines is 1. The Bertz CT molecular complexity index is 744. The van der Waals surface area contributed by atoms with E-state index in [4.69, 9.17) is 0 Å². The van der Waals surface area contributed by atoms with Crippen molar-refractivity contribution < 1.29 is 8.42 Å². The van der Waals surface area contributed by atoms with E-state index in [1.165, 1.54) is 22.7 Å². The van der Waals surface area contributed by atoms with Gasteiger partial charge in [0.2, 0.25) is 0 Å². The molecule has 0 aliphatic rings. The molecule has 0 radical (unpaired) electrons. The van der Waals surface area contributed by atoms with Crippen molar-refractivity contribution in [3.05, 3.63) is 36.2 Å². The van der Waals surface area contributed by atoms with Gasteiger partial charge in [0.15, 0.2) is 4.21 Å². The zero-order chi connectivity index (χ0) is 14.2. The molecule has 0 saturated carbocycles. The van der Waals surface area contributed by atoms with Crippen molar-refractivity contribution in [3.63, 3.8) is 0 Å². The second-order valence-electron chi connectivity index (χ2n) is 3.92. The van der Waals surface area contributed by atoms with Gasteiger partial charge in [-0.05, 0) is 28.9 Å². The standard InChI is InChI=1S/C10H11BrN2O3S3/c1-6-9(18-10(14)12-6)19(15,16)13(2)4-8-3-7(11)5-17-8/h3,5H,4H2,1-2H3,(H,12,14). The minimum absolute atomic E-state index is 0.0793. The summed E-state index contributed by atoms with van der Waals surface area (Å²) in [4.78, 5) is 14.3. The average molecular weight is 383 g/mol. The van der Waals surface area contributed by atoms with Gasteiger partial charge in [-0.1, -0.05) is 11.3 Å². The molecular weight excluding hydrogens is 372 g/mol. The summed E-state index contributed by atoms with van der Waals surface area (Å²) in [5.74, 6) is 0. The topological polar surface area (TPSA) is 70.2 Å². The Balaban J connectivity index is 2.29. The van der Waals surface area contributed by atoms with Gasteiger partial charge >= 0.3 is 4.87 Å². The maximum absolute atomic E-state index is 12.3. The van der Waals surface area contributed by atoms with E-state index >= 15 is 0 Å². The molecular formula is C10H11BrN2O3S3. The average Bonchev–Trinajstić information content (AvgIpc) is 2.85. The number of rotatable bonds is 4.